The molecule has 0 spiro atoms. The monoisotopic (exact) mass is 417 g/mol. The standard InChI is InChI=1S/C22H24FN3O2.ClH/c23-17-5-2-4-16(11-17)21(27)26-18-6-1-3-13(9-18)12-25-22(28)19-14-7-8-15(10-14)20(19)24;/h1-6,9,11,14-15,19-20H,7-8,10,12,24H2,(H,25,28)(H,26,27);1H. The molecule has 0 saturated heterocycles. The summed E-state index contributed by atoms with van der Waals surface area (Å²) >= 11 is 0. The number of nitrogens with one attached hydrogen (secondary N) is 2. The number of rotatable bonds is 5. The van der Waals surface area contributed by atoms with Crippen molar-refractivity contribution < 1.29 is 14.0 Å². The molecule has 4 unspecified atom stereocenters. The van der Waals surface area contributed by atoms with Crippen LogP contribution in [-0.4, -0.2) is 17.9 Å². The van der Waals surface area contributed by atoms with Crippen molar-refractivity contribution in [1.29, 1.82) is 0 Å². The van der Waals surface area contributed by atoms with Crippen LogP contribution in [0.4, 0.5) is 10.1 Å². The lowest BCUT2D eigenvalue weighted by molar-refractivity contribution is -0.127. The van der Waals surface area contributed by atoms with Crippen molar-refractivity contribution in [3.05, 3.63) is 65.5 Å². The third-order valence-electron chi connectivity index (χ3n) is 6.02. The molecule has 0 aliphatic heterocycles. The van der Waals surface area contributed by atoms with Crippen LogP contribution in [0.5, 0.6) is 0 Å². The van der Waals surface area contributed by atoms with Gasteiger partial charge in [-0.05, 0) is 67.0 Å². The van der Waals surface area contributed by atoms with E-state index in [1.54, 1.807) is 18.2 Å². The topological polar surface area (TPSA) is 84.2 Å². The molecule has 4 atom stereocenters. The molecule has 2 aliphatic rings. The van der Waals surface area contributed by atoms with Crippen LogP contribution in [0.1, 0.15) is 35.2 Å². The van der Waals surface area contributed by atoms with Crippen LogP contribution in [0.15, 0.2) is 48.5 Å². The molecule has 2 aromatic carbocycles. The minimum Gasteiger partial charge on any atom is -0.352 e. The highest BCUT2D eigenvalue weighted by Gasteiger charge is 2.48. The molecule has 2 amide bonds. The minimum atomic E-state index is -0.456. The first-order valence-corrected chi connectivity index (χ1v) is 9.70. The highest BCUT2D eigenvalue weighted by molar-refractivity contribution is 6.04. The van der Waals surface area contributed by atoms with E-state index in [1.807, 2.05) is 12.1 Å². The number of nitrogens with two attached hydrogens (primary N) is 1. The summed E-state index contributed by atoms with van der Waals surface area (Å²) < 4.78 is 13.3. The van der Waals surface area contributed by atoms with Crippen LogP contribution in [-0.2, 0) is 11.3 Å². The van der Waals surface area contributed by atoms with E-state index in [2.05, 4.69) is 10.6 Å². The van der Waals surface area contributed by atoms with Gasteiger partial charge in [-0.1, -0.05) is 18.2 Å². The van der Waals surface area contributed by atoms with Crippen LogP contribution in [0.2, 0.25) is 0 Å². The maximum atomic E-state index is 13.3. The SMILES string of the molecule is Cl.NC1C2CCC(C2)C1C(=O)NCc1cccc(NC(=O)c2cccc(F)c2)c1. The Kier molecular flexibility index (Phi) is 6.55. The molecule has 5 nitrogen and oxygen atoms in total. The number of halogens is 2. The Morgan fingerprint density at radius 2 is 1.83 bits per heavy atom. The van der Waals surface area contributed by atoms with Gasteiger partial charge in [0, 0.05) is 23.8 Å². The Bertz CT molecular complexity index is 905. The van der Waals surface area contributed by atoms with E-state index >= 15 is 0 Å². The number of fused-ring (bicyclic) bond motifs is 2. The molecular weight excluding hydrogens is 393 g/mol. The number of amides is 2. The Morgan fingerprint density at radius 1 is 1.07 bits per heavy atom. The van der Waals surface area contributed by atoms with Crippen molar-refractivity contribution in [2.75, 3.05) is 5.32 Å². The molecule has 154 valence electrons. The van der Waals surface area contributed by atoms with Gasteiger partial charge in [0.1, 0.15) is 5.82 Å². The van der Waals surface area contributed by atoms with Gasteiger partial charge >= 0.3 is 0 Å². The van der Waals surface area contributed by atoms with Crippen LogP contribution in [0, 0.1) is 23.6 Å². The molecule has 2 fully saturated rings. The average molecular weight is 418 g/mol. The molecule has 2 aliphatic carbocycles. The number of anilines is 1. The van der Waals surface area contributed by atoms with Crippen LogP contribution < -0.4 is 16.4 Å². The lowest BCUT2D eigenvalue weighted by Crippen LogP contribution is -2.45. The number of hydrogen-bond donors (Lipinski definition) is 3. The molecule has 2 saturated carbocycles. The Balaban J connectivity index is 0.00000240. The zero-order chi connectivity index (χ0) is 19.7. The van der Waals surface area contributed by atoms with E-state index < -0.39 is 5.82 Å². The van der Waals surface area contributed by atoms with Gasteiger partial charge in [-0.25, -0.2) is 4.39 Å². The number of benzene rings is 2. The number of hydrogen-bond acceptors (Lipinski definition) is 3. The maximum Gasteiger partial charge on any atom is 0.255 e. The first-order chi connectivity index (χ1) is 13.5. The fraction of sp³-hybridized carbons (Fsp3) is 0.364. The molecule has 2 aromatic rings. The smallest absolute Gasteiger partial charge is 0.255 e. The summed E-state index contributed by atoms with van der Waals surface area (Å²) in [6.45, 7) is 0.378. The van der Waals surface area contributed by atoms with Crippen LogP contribution in [0.3, 0.4) is 0 Å². The van der Waals surface area contributed by atoms with E-state index in [1.165, 1.54) is 18.2 Å². The molecule has 4 N–H and O–H groups in total. The Morgan fingerprint density at radius 3 is 2.55 bits per heavy atom. The van der Waals surface area contributed by atoms with Gasteiger partial charge in [0.15, 0.2) is 0 Å². The van der Waals surface area contributed by atoms with Crippen molar-refractivity contribution >= 4 is 29.9 Å². The van der Waals surface area contributed by atoms with E-state index in [9.17, 15) is 14.0 Å². The van der Waals surface area contributed by atoms with E-state index in [4.69, 9.17) is 5.73 Å². The second kappa shape index (κ2) is 8.93. The predicted octanol–water partition coefficient (Wildman–Crippen LogP) is 3.49. The second-order valence-electron chi connectivity index (χ2n) is 7.82. The van der Waals surface area contributed by atoms with Gasteiger partial charge in [-0.2, -0.15) is 0 Å². The highest BCUT2D eigenvalue weighted by atomic mass is 35.5. The summed E-state index contributed by atoms with van der Waals surface area (Å²) in [5, 5.41) is 5.75. The predicted molar refractivity (Wildman–Crippen MR) is 112 cm³/mol. The van der Waals surface area contributed by atoms with Crippen molar-refractivity contribution in [1.82, 2.24) is 5.32 Å². The van der Waals surface area contributed by atoms with Gasteiger partial charge in [0.25, 0.3) is 5.91 Å². The van der Waals surface area contributed by atoms with Gasteiger partial charge in [0.05, 0.1) is 5.92 Å². The Labute approximate surface area is 175 Å². The fourth-order valence-electron chi connectivity index (χ4n) is 4.62. The summed E-state index contributed by atoms with van der Waals surface area (Å²) in [5.74, 6) is -0.000841. The van der Waals surface area contributed by atoms with E-state index in [-0.39, 0.29) is 41.7 Å². The van der Waals surface area contributed by atoms with Crippen LogP contribution >= 0.6 is 12.4 Å². The second-order valence-corrected chi connectivity index (χ2v) is 7.82. The maximum absolute atomic E-state index is 13.3. The van der Waals surface area contributed by atoms with Gasteiger partial charge in [-0.15, -0.1) is 12.4 Å². The van der Waals surface area contributed by atoms with Gasteiger partial charge < -0.3 is 16.4 Å². The molecule has 0 radical (unpaired) electrons. The highest BCUT2D eigenvalue weighted by Crippen LogP contribution is 2.47. The first kappa shape index (κ1) is 21.3. The Hall–Kier alpha value is -2.44. The summed E-state index contributed by atoms with van der Waals surface area (Å²) in [4.78, 5) is 24.9. The molecule has 7 heteroatoms. The normalized spacial score (nSPS) is 24.6. The lowest BCUT2D eigenvalue weighted by Gasteiger charge is -2.27. The summed E-state index contributed by atoms with van der Waals surface area (Å²) in [6, 6.07) is 12.8. The van der Waals surface area contributed by atoms with Crippen molar-refractivity contribution in [2.24, 2.45) is 23.5 Å². The summed E-state index contributed by atoms with van der Waals surface area (Å²) in [6.07, 6.45) is 3.31. The average Bonchev–Trinajstić information content (AvgIpc) is 3.28. The zero-order valence-corrected chi connectivity index (χ0v) is 16.8. The van der Waals surface area contributed by atoms with Crippen molar-refractivity contribution in [3.8, 4) is 0 Å². The largest absolute Gasteiger partial charge is 0.352 e. The quantitative estimate of drug-likeness (QED) is 0.696. The lowest BCUT2D eigenvalue weighted by atomic mass is 9.84. The minimum absolute atomic E-state index is 0. The third-order valence-corrected chi connectivity index (χ3v) is 6.02. The molecule has 29 heavy (non-hydrogen) atoms. The number of carbonyl (C=O) groups excluding carboxylic acids is 2. The van der Waals surface area contributed by atoms with Crippen molar-refractivity contribution in [3.63, 3.8) is 0 Å². The summed E-state index contributed by atoms with van der Waals surface area (Å²) in [5.41, 5.74) is 7.97. The number of carbonyl (C=O) groups is 2. The molecule has 4 rings (SSSR count). The molecule has 0 aromatic heterocycles. The van der Waals surface area contributed by atoms with Crippen molar-refractivity contribution in [2.45, 2.75) is 31.8 Å². The first-order valence-electron chi connectivity index (χ1n) is 9.70. The molecule has 0 heterocycles. The van der Waals surface area contributed by atoms with Crippen LogP contribution in [0.25, 0.3) is 0 Å². The molecule has 2 bridgehead atoms. The fourth-order valence-corrected chi connectivity index (χ4v) is 4.62. The summed E-state index contributed by atoms with van der Waals surface area (Å²) in [7, 11) is 0. The zero-order valence-electron chi connectivity index (χ0n) is 15.9. The van der Waals surface area contributed by atoms with Gasteiger partial charge in [0.2, 0.25) is 5.91 Å². The van der Waals surface area contributed by atoms with E-state index in [0.29, 0.717) is 24.1 Å². The third kappa shape index (κ3) is 4.60. The molecular formula is C22H25ClFN3O2. The van der Waals surface area contributed by atoms with E-state index in [0.717, 1.165) is 24.8 Å². The van der Waals surface area contributed by atoms with Gasteiger partial charge in [-0.3, -0.25) is 9.59 Å².